The van der Waals surface area contributed by atoms with Gasteiger partial charge >= 0.3 is 0 Å². The van der Waals surface area contributed by atoms with Crippen molar-refractivity contribution < 1.29 is 4.79 Å². The number of carbonyl (C=O) groups excluding carboxylic acids is 1. The third-order valence-corrected chi connectivity index (χ3v) is 3.84. The third kappa shape index (κ3) is 3.55. The molecule has 3 aromatic rings. The molecule has 1 aromatic carbocycles. The Hall–Kier alpha value is -2.47. The number of aromatic nitrogens is 3. The van der Waals surface area contributed by atoms with E-state index in [1.54, 1.807) is 22.2 Å². The van der Waals surface area contributed by atoms with Crippen molar-refractivity contribution in [3.05, 3.63) is 70.2 Å². The van der Waals surface area contributed by atoms with E-state index < -0.39 is 0 Å². The molecule has 2 aromatic heterocycles. The molecule has 0 aliphatic carbocycles. The van der Waals surface area contributed by atoms with Gasteiger partial charge in [-0.25, -0.2) is 4.68 Å². The maximum Gasteiger partial charge on any atom is 0.273 e. The van der Waals surface area contributed by atoms with E-state index in [9.17, 15) is 4.79 Å². The molecule has 1 amide bonds. The molecule has 0 unspecified atom stereocenters. The summed E-state index contributed by atoms with van der Waals surface area (Å²) >= 11 is 1.61. The number of benzene rings is 1. The maximum absolute atomic E-state index is 12.0. The first-order valence-corrected chi connectivity index (χ1v) is 7.44. The molecule has 0 aliphatic heterocycles. The maximum atomic E-state index is 12.0. The number of hydrogen-bond donors (Lipinski definition) is 1. The van der Waals surface area contributed by atoms with Gasteiger partial charge in [0.1, 0.15) is 0 Å². The SMILES string of the molecule is O=C(NCc1cccs1)c1cn(Cc2ccccc2)nn1. The van der Waals surface area contributed by atoms with Crippen LogP contribution in [0, 0.1) is 0 Å². The van der Waals surface area contributed by atoms with Crippen LogP contribution in [0.2, 0.25) is 0 Å². The lowest BCUT2D eigenvalue weighted by molar-refractivity contribution is 0.0946. The number of thiophene rings is 1. The predicted molar refractivity (Wildman–Crippen MR) is 81.1 cm³/mol. The van der Waals surface area contributed by atoms with Crippen molar-refractivity contribution in [3.8, 4) is 0 Å². The smallest absolute Gasteiger partial charge is 0.273 e. The van der Waals surface area contributed by atoms with Crippen molar-refractivity contribution in [3.63, 3.8) is 0 Å². The lowest BCUT2D eigenvalue weighted by atomic mass is 10.2. The topological polar surface area (TPSA) is 59.8 Å². The third-order valence-electron chi connectivity index (χ3n) is 2.96. The first-order valence-electron chi connectivity index (χ1n) is 6.56. The van der Waals surface area contributed by atoms with Gasteiger partial charge in [-0.1, -0.05) is 41.6 Å². The second kappa shape index (κ2) is 6.32. The zero-order valence-corrected chi connectivity index (χ0v) is 12.1. The average Bonchev–Trinajstić information content (AvgIpc) is 3.17. The molecular formula is C15H14N4OS. The van der Waals surface area contributed by atoms with Gasteiger partial charge in [-0.2, -0.15) is 0 Å². The molecule has 0 saturated heterocycles. The Morgan fingerprint density at radius 2 is 2.05 bits per heavy atom. The Kier molecular flexibility index (Phi) is 4.07. The standard InChI is InChI=1S/C15H14N4OS/c20-15(16-9-13-7-4-8-21-13)14-11-19(18-17-14)10-12-5-2-1-3-6-12/h1-8,11H,9-10H2,(H,16,20). The molecule has 3 rings (SSSR count). The first-order chi connectivity index (χ1) is 10.3. The molecule has 5 nitrogen and oxygen atoms in total. The Morgan fingerprint density at radius 1 is 1.19 bits per heavy atom. The van der Waals surface area contributed by atoms with E-state index in [1.165, 1.54) is 0 Å². The summed E-state index contributed by atoms with van der Waals surface area (Å²) in [7, 11) is 0. The lowest BCUT2D eigenvalue weighted by Gasteiger charge is -2.00. The fourth-order valence-corrected chi connectivity index (χ4v) is 2.57. The summed E-state index contributed by atoms with van der Waals surface area (Å²) in [5.74, 6) is -0.206. The van der Waals surface area contributed by atoms with Crippen molar-refractivity contribution in [2.75, 3.05) is 0 Å². The summed E-state index contributed by atoms with van der Waals surface area (Å²) in [6.07, 6.45) is 1.66. The average molecular weight is 298 g/mol. The number of amides is 1. The van der Waals surface area contributed by atoms with Crippen LogP contribution in [0.4, 0.5) is 0 Å². The van der Waals surface area contributed by atoms with Crippen molar-refractivity contribution in [2.24, 2.45) is 0 Å². The summed E-state index contributed by atoms with van der Waals surface area (Å²) in [4.78, 5) is 13.1. The van der Waals surface area contributed by atoms with E-state index in [2.05, 4.69) is 15.6 Å². The summed E-state index contributed by atoms with van der Waals surface area (Å²) < 4.78 is 1.66. The molecular weight excluding hydrogens is 284 g/mol. The lowest BCUT2D eigenvalue weighted by Crippen LogP contribution is -2.22. The van der Waals surface area contributed by atoms with Crippen LogP contribution < -0.4 is 5.32 Å². The van der Waals surface area contributed by atoms with Gasteiger partial charge < -0.3 is 5.32 Å². The minimum Gasteiger partial charge on any atom is -0.346 e. The zero-order valence-electron chi connectivity index (χ0n) is 11.3. The van der Waals surface area contributed by atoms with Gasteiger partial charge in [-0.3, -0.25) is 4.79 Å². The molecule has 21 heavy (non-hydrogen) atoms. The van der Waals surface area contributed by atoms with E-state index in [0.29, 0.717) is 18.8 Å². The highest BCUT2D eigenvalue weighted by Gasteiger charge is 2.10. The van der Waals surface area contributed by atoms with Gasteiger partial charge in [0.05, 0.1) is 19.3 Å². The van der Waals surface area contributed by atoms with Gasteiger partial charge in [0.25, 0.3) is 5.91 Å². The molecule has 106 valence electrons. The normalized spacial score (nSPS) is 10.5. The van der Waals surface area contributed by atoms with Gasteiger partial charge in [0.15, 0.2) is 5.69 Å². The minimum absolute atomic E-state index is 0.206. The van der Waals surface area contributed by atoms with Crippen LogP contribution in [0.25, 0.3) is 0 Å². The molecule has 0 bridgehead atoms. The Labute approximate surface area is 126 Å². The number of hydrogen-bond acceptors (Lipinski definition) is 4. The number of rotatable bonds is 5. The van der Waals surface area contributed by atoms with Crippen LogP contribution in [0.3, 0.4) is 0 Å². The Balaban J connectivity index is 1.60. The van der Waals surface area contributed by atoms with Crippen LogP contribution in [-0.4, -0.2) is 20.9 Å². The monoisotopic (exact) mass is 298 g/mol. The number of nitrogens with zero attached hydrogens (tertiary/aromatic N) is 3. The highest BCUT2D eigenvalue weighted by atomic mass is 32.1. The summed E-state index contributed by atoms with van der Waals surface area (Å²) in [5, 5.41) is 12.7. The molecule has 0 radical (unpaired) electrons. The van der Waals surface area contributed by atoms with E-state index in [4.69, 9.17) is 0 Å². The molecule has 0 spiro atoms. The highest BCUT2D eigenvalue weighted by molar-refractivity contribution is 7.09. The molecule has 0 saturated carbocycles. The van der Waals surface area contributed by atoms with Crippen molar-refractivity contribution in [2.45, 2.75) is 13.1 Å². The van der Waals surface area contributed by atoms with Crippen LogP contribution in [0.1, 0.15) is 20.9 Å². The summed E-state index contributed by atoms with van der Waals surface area (Å²) in [6.45, 7) is 1.12. The van der Waals surface area contributed by atoms with E-state index in [1.807, 2.05) is 47.8 Å². The van der Waals surface area contributed by atoms with Gasteiger partial charge in [-0.15, -0.1) is 16.4 Å². The van der Waals surface area contributed by atoms with E-state index in [0.717, 1.165) is 10.4 Å². The molecule has 0 fully saturated rings. The van der Waals surface area contributed by atoms with Gasteiger partial charge in [0.2, 0.25) is 0 Å². The predicted octanol–water partition coefficient (Wildman–Crippen LogP) is 2.32. The molecule has 0 atom stereocenters. The van der Waals surface area contributed by atoms with Crippen LogP contribution >= 0.6 is 11.3 Å². The van der Waals surface area contributed by atoms with Gasteiger partial charge in [-0.05, 0) is 17.0 Å². The molecule has 0 aliphatic rings. The largest absolute Gasteiger partial charge is 0.346 e. The van der Waals surface area contributed by atoms with Crippen molar-refractivity contribution in [1.82, 2.24) is 20.3 Å². The van der Waals surface area contributed by atoms with E-state index >= 15 is 0 Å². The Bertz CT molecular complexity index is 706. The van der Waals surface area contributed by atoms with Gasteiger partial charge in [0, 0.05) is 4.88 Å². The van der Waals surface area contributed by atoms with Crippen molar-refractivity contribution in [1.29, 1.82) is 0 Å². The Morgan fingerprint density at radius 3 is 2.81 bits per heavy atom. The second-order valence-corrected chi connectivity index (χ2v) is 5.58. The number of carbonyl (C=O) groups is 1. The van der Waals surface area contributed by atoms with E-state index in [-0.39, 0.29) is 5.91 Å². The fourth-order valence-electron chi connectivity index (χ4n) is 1.92. The first kappa shape index (κ1) is 13.5. The van der Waals surface area contributed by atoms with Crippen LogP contribution in [0.5, 0.6) is 0 Å². The van der Waals surface area contributed by atoms with Crippen molar-refractivity contribution >= 4 is 17.2 Å². The summed E-state index contributed by atoms with van der Waals surface area (Å²) in [6, 6.07) is 13.9. The molecule has 1 N–H and O–H groups in total. The number of nitrogens with one attached hydrogen (secondary N) is 1. The minimum atomic E-state index is -0.206. The fraction of sp³-hybridized carbons (Fsp3) is 0.133. The second-order valence-electron chi connectivity index (χ2n) is 4.55. The van der Waals surface area contributed by atoms with Crippen LogP contribution in [-0.2, 0) is 13.1 Å². The quantitative estimate of drug-likeness (QED) is 0.786. The van der Waals surface area contributed by atoms with Crippen LogP contribution in [0.15, 0.2) is 54.0 Å². The highest BCUT2D eigenvalue weighted by Crippen LogP contribution is 2.08. The molecule has 2 heterocycles. The summed E-state index contributed by atoms with van der Waals surface area (Å²) in [5.41, 5.74) is 1.45. The molecule has 6 heteroatoms. The zero-order chi connectivity index (χ0) is 14.5.